The van der Waals surface area contributed by atoms with Crippen LogP contribution in [0.4, 0.5) is 4.39 Å². The first-order valence-electron chi connectivity index (χ1n) is 9.35. The fourth-order valence-electron chi connectivity index (χ4n) is 2.94. The van der Waals surface area contributed by atoms with Crippen LogP contribution in [-0.4, -0.2) is 24.5 Å². The van der Waals surface area contributed by atoms with Crippen molar-refractivity contribution in [3.8, 4) is 11.3 Å². The second-order valence-corrected chi connectivity index (χ2v) is 9.02. The third-order valence-corrected chi connectivity index (χ3v) is 5.36. The molecule has 0 saturated heterocycles. The van der Waals surface area contributed by atoms with Gasteiger partial charge in [0.25, 0.3) is 15.7 Å². The number of aryl methyl sites for hydroxylation is 2. The molecular weight excluding hydrogens is 445 g/mol. The summed E-state index contributed by atoms with van der Waals surface area (Å²) >= 11 is 5.90. The van der Waals surface area contributed by atoms with Gasteiger partial charge < -0.3 is 5.73 Å². The molecule has 0 amide bonds. The lowest BCUT2D eigenvalue weighted by atomic mass is 10.1. The summed E-state index contributed by atoms with van der Waals surface area (Å²) in [4.78, 5) is 12.8. The Morgan fingerprint density at radius 1 is 1.13 bits per heavy atom. The van der Waals surface area contributed by atoms with E-state index in [1.165, 1.54) is 22.9 Å². The van der Waals surface area contributed by atoms with Gasteiger partial charge in [-0.3, -0.25) is 8.98 Å². The third kappa shape index (κ3) is 6.20. The average Bonchev–Trinajstić information content (AvgIpc) is 2.73. The van der Waals surface area contributed by atoms with E-state index in [4.69, 9.17) is 21.5 Å². The quantitative estimate of drug-likeness (QED) is 0.513. The van der Waals surface area contributed by atoms with E-state index in [0.717, 1.165) is 11.8 Å². The zero-order valence-corrected chi connectivity index (χ0v) is 18.3. The average molecular weight is 466 g/mol. The summed E-state index contributed by atoms with van der Waals surface area (Å²) in [5, 5.41) is 5.00. The van der Waals surface area contributed by atoms with Gasteiger partial charge in [-0.2, -0.15) is 13.5 Å². The molecule has 0 radical (unpaired) electrons. The summed E-state index contributed by atoms with van der Waals surface area (Å²) in [6.45, 7) is -0.190. The number of hydrogen-bond acceptors (Lipinski definition) is 6. The maximum atomic E-state index is 13.8. The van der Waals surface area contributed by atoms with Crippen molar-refractivity contribution in [2.75, 3.05) is 6.26 Å². The second kappa shape index (κ2) is 9.69. The van der Waals surface area contributed by atoms with Gasteiger partial charge in [0.15, 0.2) is 0 Å². The normalized spacial score (nSPS) is 11.6. The Kier molecular flexibility index (Phi) is 7.22. The Balaban J connectivity index is 2.00. The predicted octanol–water partition coefficient (Wildman–Crippen LogP) is 2.88. The Labute approximate surface area is 184 Å². The monoisotopic (exact) mass is 465 g/mol. The molecule has 0 atom stereocenters. The van der Waals surface area contributed by atoms with Crippen molar-refractivity contribution >= 4 is 21.7 Å². The van der Waals surface area contributed by atoms with Gasteiger partial charge in [0.05, 0.1) is 18.6 Å². The molecule has 0 unspecified atom stereocenters. The molecule has 2 N–H and O–H groups in total. The van der Waals surface area contributed by atoms with Crippen molar-refractivity contribution in [2.45, 2.75) is 26.1 Å². The summed E-state index contributed by atoms with van der Waals surface area (Å²) in [5.74, 6) is -0.442. The zero-order chi connectivity index (χ0) is 22.6. The highest BCUT2D eigenvalue weighted by Gasteiger charge is 2.14. The molecule has 0 aliphatic carbocycles. The minimum atomic E-state index is -3.75. The van der Waals surface area contributed by atoms with Crippen LogP contribution in [0.3, 0.4) is 0 Å². The molecule has 0 aliphatic rings. The minimum absolute atomic E-state index is 0.0000736. The van der Waals surface area contributed by atoms with Gasteiger partial charge in [-0.25, -0.2) is 9.07 Å². The molecular formula is C21H21ClFN3O4S. The van der Waals surface area contributed by atoms with E-state index in [1.54, 1.807) is 18.2 Å². The molecule has 0 fully saturated rings. The van der Waals surface area contributed by atoms with Gasteiger partial charge in [0, 0.05) is 34.8 Å². The number of halogens is 2. The van der Waals surface area contributed by atoms with Crippen LogP contribution in [0.25, 0.3) is 11.3 Å². The van der Waals surface area contributed by atoms with Crippen LogP contribution in [0.5, 0.6) is 0 Å². The second-order valence-electron chi connectivity index (χ2n) is 6.94. The van der Waals surface area contributed by atoms with Crippen molar-refractivity contribution in [3.05, 3.63) is 86.4 Å². The van der Waals surface area contributed by atoms with Crippen LogP contribution in [0, 0.1) is 5.82 Å². The van der Waals surface area contributed by atoms with Crippen molar-refractivity contribution in [2.24, 2.45) is 5.73 Å². The van der Waals surface area contributed by atoms with E-state index in [1.807, 2.05) is 12.1 Å². The van der Waals surface area contributed by atoms with Crippen LogP contribution in [0.15, 0.2) is 53.3 Å². The molecule has 164 valence electrons. The molecule has 0 saturated carbocycles. The van der Waals surface area contributed by atoms with Gasteiger partial charge in [-0.1, -0.05) is 23.7 Å². The number of benzene rings is 2. The molecule has 10 heteroatoms. The molecule has 0 aliphatic heterocycles. The zero-order valence-electron chi connectivity index (χ0n) is 16.7. The summed E-state index contributed by atoms with van der Waals surface area (Å²) < 4.78 is 42.7. The van der Waals surface area contributed by atoms with E-state index < -0.39 is 28.1 Å². The van der Waals surface area contributed by atoms with Crippen LogP contribution in [-0.2, 0) is 40.4 Å². The summed E-state index contributed by atoms with van der Waals surface area (Å²) in [7, 11) is -3.75. The number of hydrogen-bond donors (Lipinski definition) is 1. The van der Waals surface area contributed by atoms with Crippen LogP contribution in [0.1, 0.15) is 16.7 Å². The van der Waals surface area contributed by atoms with Gasteiger partial charge in [0.2, 0.25) is 0 Å². The van der Waals surface area contributed by atoms with E-state index in [2.05, 4.69) is 5.10 Å². The minimum Gasteiger partial charge on any atom is -0.326 e. The van der Waals surface area contributed by atoms with Crippen molar-refractivity contribution in [1.29, 1.82) is 0 Å². The number of aromatic nitrogens is 2. The van der Waals surface area contributed by atoms with Gasteiger partial charge in [-0.15, -0.1) is 0 Å². The van der Waals surface area contributed by atoms with Gasteiger partial charge in [0.1, 0.15) is 5.82 Å². The van der Waals surface area contributed by atoms with Crippen molar-refractivity contribution in [1.82, 2.24) is 9.78 Å². The molecule has 3 rings (SSSR count). The molecule has 1 heterocycles. The lowest BCUT2D eigenvalue weighted by molar-refractivity contribution is 0.308. The van der Waals surface area contributed by atoms with E-state index >= 15 is 0 Å². The maximum Gasteiger partial charge on any atom is 0.272 e. The smallest absolute Gasteiger partial charge is 0.272 e. The molecule has 1 aromatic heterocycles. The van der Waals surface area contributed by atoms with Crippen molar-refractivity contribution < 1.29 is 17.0 Å². The highest BCUT2D eigenvalue weighted by molar-refractivity contribution is 7.85. The Morgan fingerprint density at radius 2 is 1.84 bits per heavy atom. The molecule has 7 nitrogen and oxygen atoms in total. The fourth-order valence-corrected chi connectivity index (χ4v) is 3.41. The Morgan fingerprint density at radius 3 is 2.48 bits per heavy atom. The summed E-state index contributed by atoms with van der Waals surface area (Å²) in [6.07, 6.45) is 1.40. The first-order valence-corrected chi connectivity index (χ1v) is 11.5. The first kappa shape index (κ1) is 23.1. The van der Waals surface area contributed by atoms with Gasteiger partial charge in [-0.05, 0) is 48.4 Å². The highest BCUT2D eigenvalue weighted by Crippen LogP contribution is 2.21. The highest BCUT2D eigenvalue weighted by atomic mass is 35.5. The van der Waals surface area contributed by atoms with E-state index in [-0.39, 0.29) is 18.7 Å². The largest absolute Gasteiger partial charge is 0.326 e. The summed E-state index contributed by atoms with van der Waals surface area (Å²) in [5.41, 5.74) is 7.40. The topological polar surface area (TPSA) is 104 Å². The molecule has 0 spiro atoms. The first-order chi connectivity index (χ1) is 14.7. The molecule has 3 aromatic rings. The lowest BCUT2D eigenvalue weighted by Crippen LogP contribution is -2.28. The van der Waals surface area contributed by atoms with E-state index in [0.29, 0.717) is 28.3 Å². The van der Waals surface area contributed by atoms with Gasteiger partial charge >= 0.3 is 0 Å². The Hall–Kier alpha value is -2.59. The molecule has 31 heavy (non-hydrogen) atoms. The maximum absolute atomic E-state index is 13.8. The SMILES string of the molecule is CS(=O)(=O)OCc1cc(-c2ccc(F)c(CN)c2)nn(CCc2ccc(Cl)cc2)c1=O. The van der Waals surface area contributed by atoms with Crippen LogP contribution < -0.4 is 11.3 Å². The molecule has 0 bridgehead atoms. The standard InChI is InChI=1S/C21H21ClFN3O4S/c1-31(28,29)30-13-17-11-20(15-4-7-19(23)16(10-15)12-24)25-26(21(17)27)9-8-14-2-5-18(22)6-3-14/h2-7,10-11H,8-9,12-13,24H2,1H3. The van der Waals surface area contributed by atoms with Crippen LogP contribution >= 0.6 is 11.6 Å². The fraction of sp³-hybridized carbons (Fsp3) is 0.238. The number of nitrogens with zero attached hydrogens (tertiary/aromatic N) is 2. The van der Waals surface area contributed by atoms with Crippen LogP contribution in [0.2, 0.25) is 5.02 Å². The third-order valence-electron chi connectivity index (χ3n) is 4.56. The number of nitrogens with two attached hydrogens (primary N) is 1. The van der Waals surface area contributed by atoms with Crippen molar-refractivity contribution in [3.63, 3.8) is 0 Å². The Bertz CT molecular complexity index is 1240. The van der Waals surface area contributed by atoms with E-state index in [9.17, 15) is 17.6 Å². The lowest BCUT2D eigenvalue weighted by Gasteiger charge is -2.12. The number of rotatable bonds is 8. The molecule has 2 aromatic carbocycles. The predicted molar refractivity (Wildman–Crippen MR) is 117 cm³/mol. The summed E-state index contributed by atoms with van der Waals surface area (Å²) in [6, 6.07) is 13.0.